The second-order valence-corrected chi connectivity index (χ2v) is 4.07. The molecule has 0 aliphatic heterocycles. The Morgan fingerprint density at radius 1 is 1.37 bits per heavy atom. The number of hydrogen-bond donors (Lipinski definition) is 1. The first kappa shape index (κ1) is 15.7. The molecule has 1 aromatic heterocycles. The summed E-state index contributed by atoms with van der Waals surface area (Å²) in [7, 11) is 1.80. The van der Waals surface area contributed by atoms with Crippen LogP contribution in [0.2, 0.25) is 0 Å². The number of ether oxygens (including phenoxy) is 2. The second kappa shape index (κ2) is 7.91. The quantitative estimate of drug-likeness (QED) is 0.718. The van der Waals surface area contributed by atoms with Crippen LogP contribution >= 0.6 is 0 Å². The zero-order chi connectivity index (χ0) is 14.3. The first-order valence-electron chi connectivity index (χ1n) is 6.66. The number of nitrogens with one attached hydrogen (secondary N) is 1. The van der Waals surface area contributed by atoms with E-state index in [0.29, 0.717) is 25.3 Å². The van der Waals surface area contributed by atoms with E-state index < -0.39 is 6.29 Å². The molecule has 0 fully saturated rings. The molecule has 1 amide bonds. The molecule has 1 heterocycles. The Labute approximate surface area is 114 Å². The lowest BCUT2D eigenvalue weighted by molar-refractivity contribution is -0.131. The van der Waals surface area contributed by atoms with Crippen LogP contribution in [0.5, 0.6) is 0 Å². The smallest absolute Gasteiger partial charge is 0.254 e. The summed E-state index contributed by atoms with van der Waals surface area (Å²) in [4.78, 5) is 12.1. The lowest BCUT2D eigenvalue weighted by Crippen LogP contribution is -2.35. The molecule has 0 unspecified atom stereocenters. The highest BCUT2D eigenvalue weighted by molar-refractivity contribution is 5.95. The van der Waals surface area contributed by atoms with E-state index in [9.17, 15) is 4.79 Å². The maximum absolute atomic E-state index is 12.1. The Morgan fingerprint density at radius 3 is 2.53 bits per heavy atom. The monoisotopic (exact) mass is 269 g/mol. The highest BCUT2D eigenvalue weighted by atomic mass is 16.7. The summed E-state index contributed by atoms with van der Waals surface area (Å²) in [5.41, 5.74) is 1.40. The molecule has 6 heteroatoms. The van der Waals surface area contributed by atoms with E-state index in [-0.39, 0.29) is 5.91 Å². The number of hydrogen-bond acceptors (Lipinski definition) is 4. The molecule has 0 aliphatic carbocycles. The Hall–Kier alpha value is -1.40. The zero-order valence-corrected chi connectivity index (χ0v) is 12.1. The van der Waals surface area contributed by atoms with Crippen molar-refractivity contribution >= 4 is 5.91 Å². The number of nitrogens with zero attached hydrogens (tertiary/aromatic N) is 2. The van der Waals surface area contributed by atoms with Gasteiger partial charge in [-0.2, -0.15) is 5.10 Å². The van der Waals surface area contributed by atoms with Crippen molar-refractivity contribution in [1.29, 1.82) is 0 Å². The molecule has 1 aromatic rings. The number of aryl methyl sites for hydroxylation is 2. The maximum atomic E-state index is 12.1. The average molecular weight is 269 g/mol. The Balaban J connectivity index is 2.58. The molecule has 6 nitrogen and oxygen atoms in total. The molecule has 0 saturated heterocycles. The Bertz CT molecular complexity index is 398. The Morgan fingerprint density at radius 2 is 2.00 bits per heavy atom. The van der Waals surface area contributed by atoms with Crippen LogP contribution in [0.1, 0.15) is 36.8 Å². The van der Waals surface area contributed by atoms with Crippen molar-refractivity contribution in [2.24, 2.45) is 7.05 Å². The van der Waals surface area contributed by atoms with Crippen LogP contribution in [0.3, 0.4) is 0 Å². The van der Waals surface area contributed by atoms with Gasteiger partial charge in [-0.05, 0) is 20.3 Å². The van der Waals surface area contributed by atoms with Gasteiger partial charge in [-0.15, -0.1) is 0 Å². The van der Waals surface area contributed by atoms with Crippen molar-refractivity contribution in [3.63, 3.8) is 0 Å². The summed E-state index contributed by atoms with van der Waals surface area (Å²) >= 11 is 0. The van der Waals surface area contributed by atoms with E-state index >= 15 is 0 Å². The van der Waals surface area contributed by atoms with Crippen LogP contribution in [0, 0.1) is 0 Å². The summed E-state index contributed by atoms with van der Waals surface area (Å²) in [5.74, 6) is -0.144. The maximum Gasteiger partial charge on any atom is 0.254 e. The van der Waals surface area contributed by atoms with Crippen molar-refractivity contribution in [3.05, 3.63) is 17.5 Å². The van der Waals surface area contributed by atoms with Crippen molar-refractivity contribution in [1.82, 2.24) is 15.1 Å². The normalized spacial score (nSPS) is 11.0. The number of carbonyl (C=O) groups is 1. The molecule has 1 rings (SSSR count). The largest absolute Gasteiger partial charge is 0.351 e. The summed E-state index contributed by atoms with van der Waals surface area (Å²) in [5, 5.41) is 7.06. The van der Waals surface area contributed by atoms with Gasteiger partial charge in [-0.1, -0.05) is 6.92 Å². The number of rotatable bonds is 8. The van der Waals surface area contributed by atoms with Crippen molar-refractivity contribution in [2.75, 3.05) is 19.8 Å². The van der Waals surface area contributed by atoms with Gasteiger partial charge in [-0.25, -0.2) is 0 Å². The highest BCUT2D eigenvalue weighted by Crippen LogP contribution is 2.07. The molecule has 0 saturated carbocycles. The highest BCUT2D eigenvalue weighted by Gasteiger charge is 2.16. The van der Waals surface area contributed by atoms with E-state index in [1.54, 1.807) is 17.9 Å². The van der Waals surface area contributed by atoms with Crippen LogP contribution in [0.4, 0.5) is 0 Å². The minimum absolute atomic E-state index is 0.144. The molecular weight excluding hydrogens is 246 g/mol. The average Bonchev–Trinajstić information content (AvgIpc) is 2.77. The van der Waals surface area contributed by atoms with Gasteiger partial charge in [0.05, 0.1) is 17.8 Å². The number of amides is 1. The van der Waals surface area contributed by atoms with Gasteiger partial charge >= 0.3 is 0 Å². The van der Waals surface area contributed by atoms with Crippen LogP contribution < -0.4 is 5.32 Å². The van der Waals surface area contributed by atoms with Crippen LogP contribution in [0.25, 0.3) is 0 Å². The molecule has 0 spiro atoms. The molecule has 1 N–H and O–H groups in total. The molecule has 19 heavy (non-hydrogen) atoms. The van der Waals surface area contributed by atoms with Crippen molar-refractivity contribution < 1.29 is 14.3 Å². The van der Waals surface area contributed by atoms with Crippen LogP contribution in [0.15, 0.2) is 6.20 Å². The fourth-order valence-corrected chi connectivity index (χ4v) is 1.79. The standard InChI is InChI=1S/C13H23N3O3/c1-5-11-10(9-16(4)15-11)13(17)14-8-12(18-6-2)19-7-3/h9,12H,5-8H2,1-4H3,(H,14,17). The molecular formula is C13H23N3O3. The lowest BCUT2D eigenvalue weighted by Gasteiger charge is -2.17. The van der Waals surface area contributed by atoms with Crippen LogP contribution in [-0.4, -0.2) is 41.7 Å². The number of aromatic nitrogens is 2. The fourth-order valence-electron chi connectivity index (χ4n) is 1.79. The minimum Gasteiger partial charge on any atom is -0.351 e. The molecule has 0 bridgehead atoms. The molecule has 108 valence electrons. The second-order valence-electron chi connectivity index (χ2n) is 4.07. The van der Waals surface area contributed by atoms with Gasteiger partial charge in [0.15, 0.2) is 6.29 Å². The summed E-state index contributed by atoms with van der Waals surface area (Å²) in [6, 6.07) is 0. The summed E-state index contributed by atoms with van der Waals surface area (Å²) < 4.78 is 12.4. The predicted molar refractivity (Wildman–Crippen MR) is 72.0 cm³/mol. The van der Waals surface area contributed by atoms with Gasteiger partial charge in [0.2, 0.25) is 0 Å². The third-order valence-corrected chi connectivity index (χ3v) is 2.62. The van der Waals surface area contributed by atoms with E-state index in [1.165, 1.54) is 0 Å². The molecule has 0 aromatic carbocycles. The SMILES string of the molecule is CCOC(CNC(=O)c1cn(C)nc1CC)OCC. The third kappa shape index (κ3) is 4.65. The van der Waals surface area contributed by atoms with E-state index in [1.807, 2.05) is 20.8 Å². The topological polar surface area (TPSA) is 65.4 Å². The van der Waals surface area contributed by atoms with Crippen molar-refractivity contribution in [2.45, 2.75) is 33.5 Å². The van der Waals surface area contributed by atoms with Crippen LogP contribution in [-0.2, 0) is 22.9 Å². The molecule has 0 radical (unpaired) electrons. The van der Waals surface area contributed by atoms with E-state index in [4.69, 9.17) is 9.47 Å². The minimum atomic E-state index is -0.402. The van der Waals surface area contributed by atoms with E-state index in [0.717, 1.165) is 12.1 Å². The molecule has 0 atom stereocenters. The third-order valence-electron chi connectivity index (χ3n) is 2.62. The zero-order valence-electron chi connectivity index (χ0n) is 12.1. The summed E-state index contributed by atoms with van der Waals surface area (Å²) in [6.45, 7) is 7.19. The molecule has 0 aliphatic rings. The van der Waals surface area contributed by atoms with Gasteiger partial charge in [0, 0.05) is 26.5 Å². The van der Waals surface area contributed by atoms with Gasteiger partial charge in [-0.3, -0.25) is 9.48 Å². The predicted octanol–water partition coefficient (Wildman–Crippen LogP) is 1.11. The van der Waals surface area contributed by atoms with Crippen molar-refractivity contribution in [3.8, 4) is 0 Å². The summed E-state index contributed by atoms with van der Waals surface area (Å²) in [6.07, 6.45) is 2.05. The first-order valence-corrected chi connectivity index (χ1v) is 6.66. The Kier molecular flexibility index (Phi) is 6.52. The lowest BCUT2D eigenvalue weighted by atomic mass is 10.2. The first-order chi connectivity index (χ1) is 9.12. The fraction of sp³-hybridized carbons (Fsp3) is 0.692. The number of carbonyl (C=O) groups excluding carboxylic acids is 1. The van der Waals surface area contributed by atoms with E-state index in [2.05, 4.69) is 10.4 Å². The van der Waals surface area contributed by atoms with Gasteiger partial charge in [0.1, 0.15) is 0 Å². The van der Waals surface area contributed by atoms with Gasteiger partial charge < -0.3 is 14.8 Å². The van der Waals surface area contributed by atoms with Gasteiger partial charge in [0.25, 0.3) is 5.91 Å².